The second-order valence-electron chi connectivity index (χ2n) is 6.95. The average molecular weight is 343 g/mol. The lowest BCUT2D eigenvalue weighted by Crippen LogP contribution is -2.39. The highest BCUT2D eigenvalue weighted by atomic mass is 79.9. The Morgan fingerprint density at radius 2 is 1.84 bits per heavy atom. The van der Waals surface area contributed by atoms with Gasteiger partial charge in [-0.15, -0.1) is 0 Å². The molecule has 0 unspecified atom stereocenters. The van der Waals surface area contributed by atoms with Crippen LogP contribution in [0.15, 0.2) is 22.7 Å². The van der Waals surface area contributed by atoms with Crippen molar-refractivity contribution in [3.63, 3.8) is 0 Å². The molecule has 1 aromatic rings. The van der Waals surface area contributed by atoms with E-state index in [1.165, 1.54) is 15.6 Å². The van der Waals surface area contributed by atoms with Gasteiger partial charge in [-0.25, -0.2) is 0 Å². The number of halogens is 1. The van der Waals surface area contributed by atoms with Gasteiger partial charge in [0.05, 0.1) is 0 Å². The van der Waals surface area contributed by atoms with Crippen LogP contribution in [0.3, 0.4) is 0 Å². The summed E-state index contributed by atoms with van der Waals surface area (Å²) >= 11 is 3.67. The van der Waals surface area contributed by atoms with Gasteiger partial charge in [0.2, 0.25) is 0 Å². The highest BCUT2D eigenvalue weighted by Crippen LogP contribution is 2.40. The lowest BCUT2D eigenvalue weighted by atomic mass is 9.98. The molecule has 0 aliphatic carbocycles. The van der Waals surface area contributed by atoms with Crippen molar-refractivity contribution in [3.8, 4) is 0 Å². The average Bonchev–Trinajstić information content (AvgIpc) is 2.24. The molecule has 0 saturated carbocycles. The first kappa shape index (κ1) is 16.9. The minimum atomic E-state index is -2.09. The third-order valence-electron chi connectivity index (χ3n) is 4.38. The lowest BCUT2D eigenvalue weighted by molar-refractivity contribution is 0.451. The van der Waals surface area contributed by atoms with E-state index in [1.807, 2.05) is 13.1 Å². The molecule has 0 bridgehead atoms. The zero-order chi connectivity index (χ0) is 14.8. The molecule has 108 valence electrons. The van der Waals surface area contributed by atoms with Gasteiger partial charge in [-0.05, 0) is 54.1 Å². The van der Waals surface area contributed by atoms with E-state index in [9.17, 15) is 4.80 Å². The Hall–Kier alpha value is -0.123. The summed E-state index contributed by atoms with van der Waals surface area (Å²) in [4.78, 5) is 10.3. The van der Waals surface area contributed by atoms with Crippen LogP contribution in [0, 0.1) is 0 Å². The summed E-state index contributed by atoms with van der Waals surface area (Å²) < 4.78 is 1.21. The molecule has 0 fully saturated rings. The SMILES string of the molecule is CC(C)c1ccc(CCC(C)(C)[Si](C)(C)O)cc1Br. The Morgan fingerprint density at radius 1 is 1.26 bits per heavy atom. The minimum absolute atomic E-state index is 0.0518. The van der Waals surface area contributed by atoms with Crippen LogP contribution in [-0.4, -0.2) is 13.1 Å². The quantitative estimate of drug-likeness (QED) is 0.702. The third-order valence-corrected chi connectivity index (χ3v) is 8.63. The van der Waals surface area contributed by atoms with E-state index in [-0.39, 0.29) is 5.04 Å². The van der Waals surface area contributed by atoms with Gasteiger partial charge in [-0.2, -0.15) is 0 Å². The molecule has 0 aliphatic heterocycles. The van der Waals surface area contributed by atoms with Crippen molar-refractivity contribution >= 4 is 24.2 Å². The Labute approximate surface area is 127 Å². The summed E-state index contributed by atoms with van der Waals surface area (Å²) in [6.45, 7) is 12.9. The normalized spacial score (nSPS) is 13.1. The van der Waals surface area contributed by atoms with Crippen molar-refractivity contribution < 1.29 is 4.80 Å². The number of hydrogen-bond donors (Lipinski definition) is 1. The molecule has 3 heteroatoms. The second-order valence-corrected chi connectivity index (χ2v) is 12.3. The van der Waals surface area contributed by atoms with Crippen molar-refractivity contribution in [2.45, 2.75) is 64.6 Å². The Balaban J connectivity index is 2.77. The predicted octanol–water partition coefficient (Wildman–Crippen LogP) is 5.48. The summed E-state index contributed by atoms with van der Waals surface area (Å²) in [7, 11) is -2.09. The monoisotopic (exact) mass is 342 g/mol. The van der Waals surface area contributed by atoms with Crippen LogP contribution in [0.4, 0.5) is 0 Å². The van der Waals surface area contributed by atoms with E-state index >= 15 is 0 Å². The second kappa shape index (κ2) is 6.11. The number of aryl methyl sites for hydroxylation is 1. The molecular formula is C16H27BrOSi. The van der Waals surface area contributed by atoms with Crippen LogP contribution >= 0.6 is 15.9 Å². The predicted molar refractivity (Wildman–Crippen MR) is 90.3 cm³/mol. The molecule has 0 heterocycles. The van der Waals surface area contributed by atoms with Gasteiger partial charge in [0.25, 0.3) is 0 Å². The van der Waals surface area contributed by atoms with Crippen LogP contribution in [0.2, 0.25) is 18.1 Å². The van der Waals surface area contributed by atoms with E-state index < -0.39 is 8.32 Å². The summed E-state index contributed by atoms with van der Waals surface area (Å²) in [6.07, 6.45) is 2.07. The molecule has 1 nitrogen and oxygen atoms in total. The van der Waals surface area contributed by atoms with E-state index in [2.05, 4.69) is 61.8 Å². The molecule has 0 amide bonds. The zero-order valence-corrected chi connectivity index (χ0v) is 15.6. The van der Waals surface area contributed by atoms with Gasteiger partial charge < -0.3 is 4.80 Å². The molecule has 1 N–H and O–H groups in total. The molecular weight excluding hydrogens is 316 g/mol. The first-order chi connectivity index (χ1) is 8.54. The van der Waals surface area contributed by atoms with Crippen molar-refractivity contribution in [2.75, 3.05) is 0 Å². The summed E-state index contributed by atoms with van der Waals surface area (Å²) in [5.41, 5.74) is 2.71. The van der Waals surface area contributed by atoms with Gasteiger partial charge in [-0.1, -0.05) is 55.8 Å². The maximum absolute atomic E-state index is 10.3. The highest BCUT2D eigenvalue weighted by molar-refractivity contribution is 9.10. The van der Waals surface area contributed by atoms with Crippen LogP contribution in [0.25, 0.3) is 0 Å². The van der Waals surface area contributed by atoms with Crippen LogP contribution < -0.4 is 0 Å². The number of hydrogen-bond acceptors (Lipinski definition) is 1. The molecule has 19 heavy (non-hydrogen) atoms. The molecule has 0 aromatic heterocycles. The minimum Gasteiger partial charge on any atom is -0.432 e. The van der Waals surface area contributed by atoms with E-state index in [0.29, 0.717) is 5.92 Å². The Bertz CT molecular complexity index is 433. The van der Waals surface area contributed by atoms with E-state index in [0.717, 1.165) is 12.8 Å². The molecule has 1 rings (SSSR count). The molecule has 0 radical (unpaired) electrons. The van der Waals surface area contributed by atoms with Crippen LogP contribution in [0.1, 0.15) is 51.2 Å². The van der Waals surface area contributed by atoms with Gasteiger partial charge >= 0.3 is 0 Å². The van der Waals surface area contributed by atoms with Crippen molar-refractivity contribution in [3.05, 3.63) is 33.8 Å². The number of benzene rings is 1. The van der Waals surface area contributed by atoms with E-state index in [1.54, 1.807) is 0 Å². The fourth-order valence-corrected chi connectivity index (χ4v) is 3.58. The maximum atomic E-state index is 10.3. The Morgan fingerprint density at radius 3 is 2.26 bits per heavy atom. The van der Waals surface area contributed by atoms with Crippen LogP contribution in [0.5, 0.6) is 0 Å². The Kier molecular flexibility index (Phi) is 5.44. The van der Waals surface area contributed by atoms with E-state index in [4.69, 9.17) is 0 Å². The summed E-state index contributed by atoms with van der Waals surface area (Å²) in [5, 5.41) is 0.0518. The molecule has 0 spiro atoms. The molecule has 1 aromatic carbocycles. The molecule has 0 atom stereocenters. The smallest absolute Gasteiger partial charge is 0.188 e. The van der Waals surface area contributed by atoms with Gasteiger partial charge in [0.1, 0.15) is 0 Å². The van der Waals surface area contributed by atoms with Gasteiger partial charge in [-0.3, -0.25) is 0 Å². The fraction of sp³-hybridized carbons (Fsp3) is 0.625. The third kappa shape index (κ3) is 4.43. The van der Waals surface area contributed by atoms with Crippen molar-refractivity contribution in [1.29, 1.82) is 0 Å². The summed E-state index contributed by atoms with van der Waals surface area (Å²) in [5.74, 6) is 0.545. The van der Waals surface area contributed by atoms with Crippen LogP contribution in [-0.2, 0) is 6.42 Å². The first-order valence-electron chi connectivity index (χ1n) is 7.05. The highest BCUT2D eigenvalue weighted by Gasteiger charge is 2.37. The van der Waals surface area contributed by atoms with Gasteiger partial charge in [0, 0.05) is 4.47 Å². The molecule has 0 aliphatic rings. The maximum Gasteiger partial charge on any atom is 0.188 e. The summed E-state index contributed by atoms with van der Waals surface area (Å²) in [6, 6.07) is 6.68. The first-order valence-corrected chi connectivity index (χ1v) is 10.8. The van der Waals surface area contributed by atoms with Crippen molar-refractivity contribution in [2.24, 2.45) is 0 Å². The number of rotatable bonds is 5. The van der Waals surface area contributed by atoms with Gasteiger partial charge in [0.15, 0.2) is 8.32 Å². The fourth-order valence-electron chi connectivity index (χ4n) is 1.96. The standard InChI is InChI=1S/C16H27BrOSi/c1-12(2)14-8-7-13(11-15(14)17)9-10-16(3,4)19(5,6)18/h7-8,11-12,18H,9-10H2,1-6H3. The van der Waals surface area contributed by atoms with Crippen molar-refractivity contribution in [1.82, 2.24) is 0 Å². The molecule has 0 saturated heterocycles. The topological polar surface area (TPSA) is 20.2 Å². The zero-order valence-electron chi connectivity index (χ0n) is 13.0. The largest absolute Gasteiger partial charge is 0.432 e. The lowest BCUT2D eigenvalue weighted by Gasteiger charge is -2.35.